The van der Waals surface area contributed by atoms with E-state index in [1.165, 1.54) is 0 Å². The summed E-state index contributed by atoms with van der Waals surface area (Å²) in [6.07, 6.45) is 0. The molecule has 0 N–H and O–H groups in total. The molecule has 0 saturated carbocycles. The standard InChI is InChI=1S/C3H6Cl6Si2/c1-3(11(7,8)9)2-10(4,5)6/h3H,2H2,1H3. The molecule has 0 radical (unpaired) electrons. The zero-order chi connectivity index (χ0) is 9.28. The van der Waals surface area contributed by atoms with Gasteiger partial charge in [-0.05, 0) is 11.6 Å². The third-order valence-corrected chi connectivity index (χ3v) is 8.64. The molecule has 0 fully saturated rings. The van der Waals surface area contributed by atoms with E-state index in [-0.39, 0.29) is 5.54 Å². The van der Waals surface area contributed by atoms with Crippen LogP contribution in [0.5, 0.6) is 0 Å². The smallest absolute Gasteiger partial charge is 0.126 e. The molecule has 68 valence electrons. The molecule has 8 heteroatoms. The molecule has 0 aliphatic rings. The van der Waals surface area contributed by atoms with Gasteiger partial charge in [0.2, 0.25) is 0 Å². The molecule has 0 nitrogen and oxygen atoms in total. The highest BCUT2D eigenvalue weighted by Crippen LogP contribution is 2.42. The van der Waals surface area contributed by atoms with Gasteiger partial charge in [0.1, 0.15) is 0 Å². The minimum Gasteiger partial charge on any atom is -0.126 e. The fourth-order valence-corrected chi connectivity index (χ4v) is 8.33. The van der Waals surface area contributed by atoms with Gasteiger partial charge >= 0.3 is 12.0 Å². The fraction of sp³-hybridized carbons (Fsp3) is 1.00. The van der Waals surface area contributed by atoms with Gasteiger partial charge in [0.05, 0.1) is 0 Å². The van der Waals surface area contributed by atoms with E-state index >= 15 is 0 Å². The van der Waals surface area contributed by atoms with Gasteiger partial charge in [-0.2, -0.15) is 0 Å². The monoisotopic (exact) mass is 308 g/mol. The van der Waals surface area contributed by atoms with Crippen molar-refractivity contribution < 1.29 is 0 Å². The van der Waals surface area contributed by atoms with Crippen LogP contribution in [0.3, 0.4) is 0 Å². The zero-order valence-electron chi connectivity index (χ0n) is 5.55. The maximum absolute atomic E-state index is 5.71. The molecule has 1 atom stereocenters. The van der Waals surface area contributed by atoms with E-state index in [0.29, 0.717) is 6.04 Å². The van der Waals surface area contributed by atoms with Gasteiger partial charge in [-0.3, -0.25) is 0 Å². The average molecular weight is 311 g/mol. The van der Waals surface area contributed by atoms with E-state index in [0.717, 1.165) is 0 Å². The van der Waals surface area contributed by atoms with E-state index in [4.69, 9.17) is 66.5 Å². The van der Waals surface area contributed by atoms with Crippen LogP contribution in [0.2, 0.25) is 11.6 Å². The third kappa shape index (κ3) is 7.26. The summed E-state index contributed by atoms with van der Waals surface area (Å²) in [7, 11) is 0. The average Bonchev–Trinajstić information content (AvgIpc) is 1.56. The predicted molar refractivity (Wildman–Crippen MR) is 60.9 cm³/mol. The summed E-state index contributed by atoms with van der Waals surface area (Å²) in [5.41, 5.74) is -0.0910. The zero-order valence-corrected chi connectivity index (χ0v) is 12.1. The Balaban J connectivity index is 3.99. The van der Waals surface area contributed by atoms with E-state index in [2.05, 4.69) is 0 Å². The number of rotatable bonds is 3. The molecule has 0 amide bonds. The van der Waals surface area contributed by atoms with Crippen LogP contribution in [-0.4, -0.2) is 12.0 Å². The van der Waals surface area contributed by atoms with E-state index in [1.807, 2.05) is 0 Å². The molecule has 0 rings (SSSR count). The van der Waals surface area contributed by atoms with Gasteiger partial charge in [-0.1, -0.05) is 6.92 Å². The van der Waals surface area contributed by atoms with Crippen molar-refractivity contribution in [2.75, 3.05) is 0 Å². The topological polar surface area (TPSA) is 0 Å². The Morgan fingerprint density at radius 1 is 1.00 bits per heavy atom. The Labute approximate surface area is 96.3 Å². The molecule has 0 aromatic rings. The van der Waals surface area contributed by atoms with Gasteiger partial charge in [-0.15, -0.1) is 66.5 Å². The molecule has 1 unspecified atom stereocenters. The number of halogens is 6. The lowest BCUT2D eigenvalue weighted by atomic mass is 10.6. The first-order valence-electron chi connectivity index (χ1n) is 2.76. The van der Waals surface area contributed by atoms with Crippen LogP contribution in [0, 0.1) is 0 Å². The lowest BCUT2D eigenvalue weighted by molar-refractivity contribution is 1.05. The molecule has 0 aliphatic carbocycles. The normalized spacial score (nSPS) is 16.6. The Kier molecular flexibility index (Phi) is 5.51. The minimum atomic E-state index is -2.67. The molecule has 0 bridgehead atoms. The van der Waals surface area contributed by atoms with Crippen molar-refractivity contribution in [3.8, 4) is 0 Å². The first kappa shape index (κ1) is 13.2. The van der Waals surface area contributed by atoms with Crippen LogP contribution < -0.4 is 0 Å². The Morgan fingerprint density at radius 2 is 1.36 bits per heavy atom. The van der Waals surface area contributed by atoms with E-state index in [9.17, 15) is 0 Å². The minimum absolute atomic E-state index is 0.0910. The Bertz CT molecular complexity index is 125. The van der Waals surface area contributed by atoms with Gasteiger partial charge in [0, 0.05) is 0 Å². The highest BCUT2D eigenvalue weighted by atomic mass is 35.8. The maximum atomic E-state index is 5.71. The SMILES string of the molecule is CC(C[Si](Cl)(Cl)Cl)[Si](Cl)(Cl)Cl. The van der Waals surface area contributed by atoms with Gasteiger partial charge in [-0.25, -0.2) is 0 Å². The molecule has 0 saturated heterocycles. The molecular weight excluding hydrogens is 305 g/mol. The summed E-state index contributed by atoms with van der Waals surface area (Å²) in [4.78, 5) is 0. The van der Waals surface area contributed by atoms with Crippen molar-refractivity contribution >= 4 is 78.5 Å². The van der Waals surface area contributed by atoms with Crippen molar-refractivity contribution in [1.29, 1.82) is 0 Å². The van der Waals surface area contributed by atoms with Crippen molar-refractivity contribution in [2.45, 2.75) is 18.5 Å². The van der Waals surface area contributed by atoms with Crippen molar-refractivity contribution in [3.05, 3.63) is 0 Å². The summed E-state index contributed by atoms with van der Waals surface area (Å²) in [5, 5.41) is 0. The summed E-state index contributed by atoms with van der Waals surface area (Å²) in [6.45, 7) is 1.80. The largest absolute Gasteiger partial charge is 0.343 e. The quantitative estimate of drug-likeness (QED) is 0.524. The van der Waals surface area contributed by atoms with Crippen LogP contribution in [0.15, 0.2) is 0 Å². The van der Waals surface area contributed by atoms with Crippen LogP contribution in [0.4, 0.5) is 0 Å². The highest BCUT2D eigenvalue weighted by molar-refractivity contribution is 7.67. The van der Waals surface area contributed by atoms with Crippen molar-refractivity contribution in [1.82, 2.24) is 0 Å². The first-order chi connectivity index (χ1) is 4.63. The molecule has 0 aromatic heterocycles. The van der Waals surface area contributed by atoms with Gasteiger partial charge in [0.15, 0.2) is 0 Å². The number of hydrogen-bond acceptors (Lipinski definition) is 0. The molecule has 11 heavy (non-hydrogen) atoms. The molecule has 0 spiro atoms. The van der Waals surface area contributed by atoms with Crippen LogP contribution in [-0.2, 0) is 0 Å². The van der Waals surface area contributed by atoms with Gasteiger partial charge in [0.25, 0.3) is 0 Å². The fourth-order valence-electron chi connectivity index (χ4n) is 0.463. The first-order valence-corrected chi connectivity index (χ1v) is 13.1. The number of hydrogen-bond donors (Lipinski definition) is 0. The lowest BCUT2D eigenvalue weighted by Gasteiger charge is -2.19. The maximum Gasteiger partial charge on any atom is 0.343 e. The van der Waals surface area contributed by atoms with Crippen LogP contribution in [0.25, 0.3) is 0 Å². The molecular formula is C3H6Cl6Si2. The Morgan fingerprint density at radius 3 is 1.45 bits per heavy atom. The van der Waals surface area contributed by atoms with Crippen molar-refractivity contribution in [2.24, 2.45) is 0 Å². The summed E-state index contributed by atoms with van der Waals surface area (Å²) < 4.78 is 0. The van der Waals surface area contributed by atoms with Crippen LogP contribution >= 0.6 is 66.5 Å². The molecule has 0 aliphatic heterocycles. The predicted octanol–water partition coefficient (Wildman–Crippen LogP) is 4.69. The second-order valence-corrected chi connectivity index (χ2v) is 20.6. The second-order valence-electron chi connectivity index (χ2n) is 2.26. The second kappa shape index (κ2) is 4.60. The van der Waals surface area contributed by atoms with Gasteiger partial charge < -0.3 is 0 Å². The Hall–Kier alpha value is 2.17. The molecule has 0 aromatic carbocycles. The van der Waals surface area contributed by atoms with E-state index < -0.39 is 12.0 Å². The van der Waals surface area contributed by atoms with E-state index in [1.54, 1.807) is 6.92 Å². The third-order valence-electron chi connectivity index (χ3n) is 1.10. The highest BCUT2D eigenvalue weighted by Gasteiger charge is 2.39. The van der Waals surface area contributed by atoms with Crippen molar-refractivity contribution in [3.63, 3.8) is 0 Å². The summed E-state index contributed by atoms with van der Waals surface area (Å²) in [6, 6.07) is -4.89. The molecule has 0 heterocycles. The van der Waals surface area contributed by atoms with Crippen LogP contribution in [0.1, 0.15) is 6.92 Å². The summed E-state index contributed by atoms with van der Waals surface area (Å²) in [5.74, 6) is 0. The summed E-state index contributed by atoms with van der Waals surface area (Å²) >= 11 is 34.1. The lowest BCUT2D eigenvalue weighted by Crippen LogP contribution is -2.23.